The Morgan fingerprint density at radius 2 is 1.79 bits per heavy atom. The highest BCUT2D eigenvalue weighted by Crippen LogP contribution is 2.20. The van der Waals surface area contributed by atoms with Gasteiger partial charge < -0.3 is 15.0 Å². The van der Waals surface area contributed by atoms with Gasteiger partial charge in [-0.25, -0.2) is 0 Å². The van der Waals surface area contributed by atoms with Crippen molar-refractivity contribution in [3.63, 3.8) is 0 Å². The van der Waals surface area contributed by atoms with Crippen molar-refractivity contribution >= 4 is 11.8 Å². The molecule has 33 heavy (non-hydrogen) atoms. The lowest BCUT2D eigenvalue weighted by Gasteiger charge is -2.32. The van der Waals surface area contributed by atoms with Crippen LogP contribution in [-0.2, 0) is 16.0 Å². The standard InChI is InChI=1S/C28H38N2O3/c1-4-25(28(32)29-24-13-9-6-10-14-24)30(18-17-23-11-7-5-8-12-23)27(31)20-33-26-19-21(2)15-16-22(26)3/h5,7-8,11-12,15-16,19,24-25H,4,6,9-10,13-14,17-18,20H2,1-3H3,(H,29,32). The van der Waals surface area contributed by atoms with Crippen molar-refractivity contribution in [2.24, 2.45) is 0 Å². The lowest BCUT2D eigenvalue weighted by Crippen LogP contribution is -2.53. The quantitative estimate of drug-likeness (QED) is 0.555. The maximum atomic E-state index is 13.4. The largest absolute Gasteiger partial charge is 0.483 e. The Hall–Kier alpha value is -2.82. The number of carbonyl (C=O) groups excluding carboxylic acids is 2. The number of amides is 2. The fraction of sp³-hybridized carbons (Fsp3) is 0.500. The summed E-state index contributed by atoms with van der Waals surface area (Å²) in [6, 6.07) is 15.8. The summed E-state index contributed by atoms with van der Waals surface area (Å²) in [4.78, 5) is 28.3. The Kier molecular flexibility index (Phi) is 9.35. The molecule has 1 aliphatic carbocycles. The van der Waals surface area contributed by atoms with Gasteiger partial charge in [0.2, 0.25) is 5.91 Å². The number of benzene rings is 2. The van der Waals surface area contributed by atoms with Gasteiger partial charge in [-0.1, -0.05) is 68.7 Å². The Morgan fingerprint density at radius 3 is 2.48 bits per heavy atom. The van der Waals surface area contributed by atoms with Crippen LogP contribution < -0.4 is 10.1 Å². The molecule has 0 saturated heterocycles. The van der Waals surface area contributed by atoms with Crippen LogP contribution in [0, 0.1) is 13.8 Å². The fourth-order valence-electron chi connectivity index (χ4n) is 4.53. The SMILES string of the molecule is CCC(C(=O)NC1CCCCC1)N(CCc1ccccc1)C(=O)COc1cc(C)ccc1C. The van der Waals surface area contributed by atoms with Gasteiger partial charge in [0.25, 0.3) is 5.91 Å². The molecule has 1 fully saturated rings. The van der Waals surface area contributed by atoms with Crippen molar-refractivity contribution in [2.75, 3.05) is 13.2 Å². The van der Waals surface area contributed by atoms with Gasteiger partial charge in [-0.3, -0.25) is 9.59 Å². The van der Waals surface area contributed by atoms with Crippen molar-refractivity contribution < 1.29 is 14.3 Å². The van der Waals surface area contributed by atoms with E-state index in [2.05, 4.69) is 17.4 Å². The minimum absolute atomic E-state index is 0.0439. The first-order valence-corrected chi connectivity index (χ1v) is 12.3. The summed E-state index contributed by atoms with van der Waals surface area (Å²) in [5, 5.41) is 3.22. The molecule has 0 radical (unpaired) electrons. The van der Waals surface area contributed by atoms with E-state index in [0.29, 0.717) is 25.1 Å². The molecule has 1 unspecified atom stereocenters. The van der Waals surface area contributed by atoms with Gasteiger partial charge in [-0.15, -0.1) is 0 Å². The molecule has 0 aromatic heterocycles. The number of hydrogen-bond acceptors (Lipinski definition) is 3. The van der Waals surface area contributed by atoms with Crippen LogP contribution in [0.2, 0.25) is 0 Å². The zero-order valence-corrected chi connectivity index (χ0v) is 20.3. The maximum Gasteiger partial charge on any atom is 0.261 e. The topological polar surface area (TPSA) is 58.6 Å². The number of aryl methyl sites for hydroxylation is 2. The molecular weight excluding hydrogens is 412 g/mol. The van der Waals surface area contributed by atoms with E-state index in [0.717, 1.165) is 42.4 Å². The van der Waals surface area contributed by atoms with Crippen LogP contribution in [0.4, 0.5) is 0 Å². The number of hydrogen-bond donors (Lipinski definition) is 1. The van der Waals surface area contributed by atoms with E-state index >= 15 is 0 Å². The predicted octanol–water partition coefficient (Wildman–Crippen LogP) is 4.98. The molecule has 1 aliphatic rings. The molecule has 0 spiro atoms. The van der Waals surface area contributed by atoms with Crippen LogP contribution in [0.1, 0.15) is 62.1 Å². The van der Waals surface area contributed by atoms with Crippen molar-refractivity contribution in [2.45, 2.75) is 77.8 Å². The normalized spacial score (nSPS) is 15.0. The van der Waals surface area contributed by atoms with E-state index < -0.39 is 6.04 Å². The van der Waals surface area contributed by atoms with Gasteiger partial charge >= 0.3 is 0 Å². The van der Waals surface area contributed by atoms with Crippen molar-refractivity contribution in [1.29, 1.82) is 0 Å². The van der Waals surface area contributed by atoms with Crippen LogP contribution in [0.15, 0.2) is 48.5 Å². The molecule has 1 saturated carbocycles. The minimum Gasteiger partial charge on any atom is -0.483 e. The molecule has 178 valence electrons. The molecule has 2 amide bonds. The number of ether oxygens (including phenoxy) is 1. The van der Waals surface area contributed by atoms with Crippen LogP contribution in [0.3, 0.4) is 0 Å². The third-order valence-electron chi connectivity index (χ3n) is 6.52. The number of rotatable bonds is 10. The van der Waals surface area contributed by atoms with Crippen molar-refractivity contribution in [1.82, 2.24) is 10.2 Å². The molecule has 2 aromatic rings. The van der Waals surface area contributed by atoms with Crippen LogP contribution >= 0.6 is 0 Å². The second kappa shape index (κ2) is 12.4. The molecule has 5 nitrogen and oxygen atoms in total. The summed E-state index contributed by atoms with van der Waals surface area (Å²) >= 11 is 0. The Labute approximate surface area is 198 Å². The van der Waals surface area contributed by atoms with E-state index in [1.54, 1.807) is 4.90 Å². The summed E-state index contributed by atoms with van der Waals surface area (Å²) < 4.78 is 5.91. The van der Waals surface area contributed by atoms with Crippen LogP contribution in [0.25, 0.3) is 0 Å². The van der Waals surface area contributed by atoms with Gasteiger partial charge in [-0.05, 0) is 62.3 Å². The summed E-state index contributed by atoms with van der Waals surface area (Å²) in [7, 11) is 0. The molecule has 0 aliphatic heterocycles. The highest BCUT2D eigenvalue weighted by molar-refractivity contribution is 5.88. The number of nitrogens with one attached hydrogen (secondary N) is 1. The zero-order chi connectivity index (χ0) is 23.6. The van der Waals surface area contributed by atoms with E-state index in [-0.39, 0.29) is 24.5 Å². The highest BCUT2D eigenvalue weighted by Gasteiger charge is 2.30. The first kappa shape index (κ1) is 24.8. The monoisotopic (exact) mass is 450 g/mol. The molecule has 1 N–H and O–H groups in total. The van der Waals surface area contributed by atoms with Gasteiger partial charge in [-0.2, -0.15) is 0 Å². The first-order valence-electron chi connectivity index (χ1n) is 12.3. The summed E-state index contributed by atoms with van der Waals surface area (Å²) in [5.41, 5.74) is 3.22. The molecule has 2 aromatic carbocycles. The van der Waals surface area contributed by atoms with Crippen molar-refractivity contribution in [3.8, 4) is 5.75 Å². The second-order valence-corrected chi connectivity index (χ2v) is 9.15. The number of nitrogens with zero attached hydrogens (tertiary/aromatic N) is 1. The Morgan fingerprint density at radius 1 is 1.06 bits per heavy atom. The summed E-state index contributed by atoms with van der Waals surface area (Å²) in [6.45, 7) is 6.35. The third kappa shape index (κ3) is 7.34. The zero-order valence-electron chi connectivity index (χ0n) is 20.3. The third-order valence-corrected chi connectivity index (χ3v) is 6.52. The fourth-order valence-corrected chi connectivity index (χ4v) is 4.53. The summed E-state index contributed by atoms with van der Waals surface area (Å²) in [6.07, 6.45) is 6.86. The smallest absolute Gasteiger partial charge is 0.261 e. The second-order valence-electron chi connectivity index (χ2n) is 9.15. The lowest BCUT2D eigenvalue weighted by atomic mass is 9.95. The molecule has 1 atom stereocenters. The van der Waals surface area contributed by atoms with Gasteiger partial charge in [0, 0.05) is 12.6 Å². The van der Waals surface area contributed by atoms with Gasteiger partial charge in [0.15, 0.2) is 6.61 Å². The minimum atomic E-state index is -0.495. The molecule has 3 rings (SSSR count). The van der Waals surface area contributed by atoms with Crippen LogP contribution in [0.5, 0.6) is 5.75 Å². The molecular formula is C28H38N2O3. The predicted molar refractivity (Wildman–Crippen MR) is 132 cm³/mol. The Balaban J connectivity index is 1.72. The van der Waals surface area contributed by atoms with Crippen LogP contribution in [-0.4, -0.2) is 41.9 Å². The first-order chi connectivity index (χ1) is 16.0. The highest BCUT2D eigenvalue weighted by atomic mass is 16.5. The number of carbonyl (C=O) groups is 2. The van der Waals surface area contributed by atoms with Crippen molar-refractivity contribution in [3.05, 3.63) is 65.2 Å². The maximum absolute atomic E-state index is 13.4. The average Bonchev–Trinajstić information content (AvgIpc) is 2.83. The average molecular weight is 451 g/mol. The van der Waals surface area contributed by atoms with E-state index in [1.165, 1.54) is 6.42 Å². The molecule has 5 heteroatoms. The van der Waals surface area contributed by atoms with Gasteiger partial charge in [0.1, 0.15) is 11.8 Å². The molecule has 0 bridgehead atoms. The molecule has 0 heterocycles. The van der Waals surface area contributed by atoms with E-state index in [4.69, 9.17) is 4.74 Å². The van der Waals surface area contributed by atoms with Gasteiger partial charge in [0.05, 0.1) is 0 Å². The van der Waals surface area contributed by atoms with E-state index in [1.807, 2.05) is 57.2 Å². The lowest BCUT2D eigenvalue weighted by molar-refractivity contribution is -0.142. The Bertz CT molecular complexity index is 907. The van der Waals surface area contributed by atoms with E-state index in [9.17, 15) is 9.59 Å². The summed E-state index contributed by atoms with van der Waals surface area (Å²) in [5.74, 6) is 0.515.